The summed E-state index contributed by atoms with van der Waals surface area (Å²) >= 11 is 5.92. The van der Waals surface area contributed by atoms with Gasteiger partial charge in [-0.05, 0) is 30.7 Å². The molecule has 0 saturated carbocycles. The van der Waals surface area contributed by atoms with E-state index in [1.807, 2.05) is 6.07 Å². The van der Waals surface area contributed by atoms with Crippen LogP contribution in [0.1, 0.15) is 12.0 Å². The first-order valence-electron chi connectivity index (χ1n) is 11.7. The number of anilines is 3. The third-order valence-electron chi connectivity index (χ3n) is 5.98. The molecule has 0 spiro atoms. The van der Waals surface area contributed by atoms with Gasteiger partial charge >= 0.3 is 0 Å². The highest BCUT2D eigenvalue weighted by Gasteiger charge is 2.22. The lowest BCUT2D eigenvalue weighted by molar-refractivity contribution is 0.0357. The Balaban J connectivity index is 1.29. The van der Waals surface area contributed by atoms with Gasteiger partial charge in [-0.3, -0.25) is 4.90 Å². The molecule has 190 valence electrons. The minimum Gasteiger partial charge on any atom is -0.493 e. The van der Waals surface area contributed by atoms with E-state index < -0.39 is 5.82 Å². The average Bonchev–Trinajstić information content (AvgIpc) is 3.08. The van der Waals surface area contributed by atoms with Gasteiger partial charge in [0.05, 0.1) is 32.0 Å². The van der Waals surface area contributed by atoms with Gasteiger partial charge in [0.2, 0.25) is 5.88 Å². The van der Waals surface area contributed by atoms with Crippen molar-refractivity contribution in [3.05, 3.63) is 53.1 Å². The minimum absolute atomic E-state index is 0.0151. The van der Waals surface area contributed by atoms with Crippen molar-refractivity contribution < 1.29 is 23.3 Å². The van der Waals surface area contributed by atoms with Crippen molar-refractivity contribution in [2.75, 3.05) is 57.2 Å². The molecule has 0 amide bonds. The highest BCUT2D eigenvalue weighted by Crippen LogP contribution is 2.42. The average molecular weight is 516 g/mol. The number of rotatable bonds is 8. The molecule has 0 unspecified atom stereocenters. The molecule has 2 aromatic carbocycles. The van der Waals surface area contributed by atoms with Crippen molar-refractivity contribution in [3.8, 4) is 23.1 Å². The molecule has 1 fully saturated rings. The smallest absolute Gasteiger partial charge is 0.248 e. The summed E-state index contributed by atoms with van der Waals surface area (Å²) in [6, 6.07) is 8.08. The predicted molar refractivity (Wildman–Crippen MR) is 134 cm³/mol. The lowest BCUT2D eigenvalue weighted by Gasteiger charge is -2.26. The summed E-state index contributed by atoms with van der Waals surface area (Å²) in [5.74, 6) is 2.17. The second-order valence-corrected chi connectivity index (χ2v) is 8.79. The zero-order chi connectivity index (χ0) is 24.9. The summed E-state index contributed by atoms with van der Waals surface area (Å²) in [4.78, 5) is 11.0. The van der Waals surface area contributed by atoms with Crippen LogP contribution in [0, 0.1) is 5.82 Å². The number of aromatic nitrogens is 2. The van der Waals surface area contributed by atoms with Crippen molar-refractivity contribution in [1.82, 2.24) is 14.9 Å². The number of hydrogen-bond acceptors (Lipinski definition) is 9. The maximum Gasteiger partial charge on any atom is 0.248 e. The molecule has 3 aromatic rings. The first-order chi connectivity index (χ1) is 17.6. The summed E-state index contributed by atoms with van der Waals surface area (Å²) in [5.41, 5.74) is 2.04. The van der Waals surface area contributed by atoms with Gasteiger partial charge < -0.3 is 29.6 Å². The first-order valence-corrected chi connectivity index (χ1v) is 12.1. The largest absolute Gasteiger partial charge is 0.493 e. The maximum atomic E-state index is 13.5. The number of benzene rings is 2. The summed E-state index contributed by atoms with van der Waals surface area (Å²) in [5, 5.41) is 6.50. The van der Waals surface area contributed by atoms with Crippen molar-refractivity contribution >= 4 is 28.8 Å². The van der Waals surface area contributed by atoms with Crippen LogP contribution < -0.4 is 24.8 Å². The van der Waals surface area contributed by atoms with E-state index in [-0.39, 0.29) is 5.02 Å². The molecule has 36 heavy (non-hydrogen) atoms. The molecule has 2 N–H and O–H groups in total. The predicted octanol–water partition coefficient (Wildman–Crippen LogP) is 4.84. The van der Waals surface area contributed by atoms with Gasteiger partial charge in [-0.15, -0.1) is 0 Å². The Bertz CT molecular complexity index is 1230. The number of methoxy groups -OCH3 is 1. The Morgan fingerprint density at radius 3 is 2.83 bits per heavy atom. The van der Waals surface area contributed by atoms with Gasteiger partial charge in [0.1, 0.15) is 23.6 Å². The first kappa shape index (κ1) is 24.4. The standard InChI is InChI=1S/C25H27ClFN5O4/c1-33-21-13-20-16(11-22(21)35-8-2-5-32-6-9-34-10-7-32)14-28-23-24(29-15-30-25(23)36-20)31-17-3-4-19(27)18(26)12-17/h3-4,11-13,15,28H,2,5-10,14H2,1H3,(H,29,30,31). The zero-order valence-corrected chi connectivity index (χ0v) is 20.6. The zero-order valence-electron chi connectivity index (χ0n) is 19.9. The van der Waals surface area contributed by atoms with E-state index >= 15 is 0 Å². The summed E-state index contributed by atoms with van der Waals surface area (Å²) in [6.45, 7) is 5.47. The lowest BCUT2D eigenvalue weighted by Crippen LogP contribution is -2.37. The summed E-state index contributed by atoms with van der Waals surface area (Å²) < 4.78 is 36.7. The fourth-order valence-electron chi connectivity index (χ4n) is 4.08. The Kier molecular flexibility index (Phi) is 7.55. The number of nitrogens with one attached hydrogen (secondary N) is 2. The number of nitrogens with zero attached hydrogens (tertiary/aromatic N) is 3. The maximum absolute atomic E-state index is 13.5. The van der Waals surface area contributed by atoms with Crippen molar-refractivity contribution in [2.45, 2.75) is 13.0 Å². The summed E-state index contributed by atoms with van der Waals surface area (Å²) in [6.07, 6.45) is 2.29. The van der Waals surface area contributed by atoms with E-state index in [9.17, 15) is 4.39 Å². The molecule has 11 heteroatoms. The molecular formula is C25H27ClFN5O4. The normalized spacial score (nSPS) is 15.1. The molecule has 0 radical (unpaired) electrons. The van der Waals surface area contributed by atoms with E-state index in [1.54, 1.807) is 19.2 Å². The molecule has 0 atom stereocenters. The van der Waals surface area contributed by atoms with Gasteiger partial charge in [-0.2, -0.15) is 4.98 Å². The Hall–Kier alpha value is -3.34. The van der Waals surface area contributed by atoms with Crippen molar-refractivity contribution in [3.63, 3.8) is 0 Å². The van der Waals surface area contributed by atoms with E-state index in [4.69, 9.17) is 30.5 Å². The Labute approximate surface area is 213 Å². The van der Waals surface area contributed by atoms with Crippen LogP contribution in [0.3, 0.4) is 0 Å². The number of hydrogen-bond donors (Lipinski definition) is 2. The van der Waals surface area contributed by atoms with E-state index in [0.717, 1.165) is 44.8 Å². The number of morpholine rings is 1. The van der Waals surface area contributed by atoms with Crippen LogP contribution in [0.2, 0.25) is 5.02 Å². The fourth-order valence-corrected chi connectivity index (χ4v) is 4.26. The quantitative estimate of drug-likeness (QED) is 0.409. The molecule has 1 aromatic heterocycles. The number of ether oxygens (including phenoxy) is 4. The Morgan fingerprint density at radius 1 is 1.17 bits per heavy atom. The van der Waals surface area contributed by atoms with Crippen LogP contribution in [0.25, 0.3) is 0 Å². The van der Waals surface area contributed by atoms with Gasteiger partial charge in [0, 0.05) is 43.5 Å². The van der Waals surface area contributed by atoms with E-state index in [0.29, 0.717) is 53.5 Å². The fraction of sp³-hybridized carbons (Fsp3) is 0.360. The highest BCUT2D eigenvalue weighted by atomic mass is 35.5. The topological polar surface area (TPSA) is 90.0 Å². The molecule has 2 aliphatic heterocycles. The van der Waals surface area contributed by atoms with Crippen LogP contribution in [-0.2, 0) is 11.3 Å². The van der Waals surface area contributed by atoms with Gasteiger partial charge in [-0.1, -0.05) is 11.6 Å². The Morgan fingerprint density at radius 2 is 2.03 bits per heavy atom. The third kappa shape index (κ3) is 5.56. The van der Waals surface area contributed by atoms with Crippen LogP contribution in [0.5, 0.6) is 23.1 Å². The molecule has 9 nitrogen and oxygen atoms in total. The van der Waals surface area contributed by atoms with E-state index in [2.05, 4.69) is 25.5 Å². The monoisotopic (exact) mass is 515 g/mol. The molecule has 5 rings (SSSR count). The van der Waals surface area contributed by atoms with Crippen LogP contribution >= 0.6 is 11.6 Å². The van der Waals surface area contributed by atoms with Crippen LogP contribution in [-0.4, -0.2) is 61.4 Å². The van der Waals surface area contributed by atoms with Crippen molar-refractivity contribution in [2.24, 2.45) is 0 Å². The number of halogens is 2. The molecule has 1 saturated heterocycles. The number of fused-ring (bicyclic) bond motifs is 2. The second kappa shape index (κ2) is 11.2. The van der Waals surface area contributed by atoms with Crippen LogP contribution in [0.4, 0.5) is 21.6 Å². The van der Waals surface area contributed by atoms with Gasteiger partial charge in [0.15, 0.2) is 17.3 Å². The van der Waals surface area contributed by atoms with Crippen LogP contribution in [0.15, 0.2) is 36.7 Å². The molecular weight excluding hydrogens is 489 g/mol. The van der Waals surface area contributed by atoms with Gasteiger partial charge in [0.25, 0.3) is 0 Å². The van der Waals surface area contributed by atoms with E-state index in [1.165, 1.54) is 18.5 Å². The minimum atomic E-state index is -0.492. The molecule has 0 aliphatic carbocycles. The molecule has 3 heterocycles. The molecule has 0 bridgehead atoms. The lowest BCUT2D eigenvalue weighted by atomic mass is 10.1. The third-order valence-corrected chi connectivity index (χ3v) is 6.27. The molecule has 2 aliphatic rings. The SMILES string of the molecule is COc1cc2c(cc1OCCCN1CCOCC1)CNc1c(Nc3ccc(F)c(Cl)c3)ncnc1O2. The highest BCUT2D eigenvalue weighted by molar-refractivity contribution is 6.31. The second-order valence-electron chi connectivity index (χ2n) is 8.38. The van der Waals surface area contributed by atoms with Crippen molar-refractivity contribution in [1.29, 1.82) is 0 Å². The summed E-state index contributed by atoms with van der Waals surface area (Å²) in [7, 11) is 1.60. The van der Waals surface area contributed by atoms with Gasteiger partial charge in [-0.25, -0.2) is 9.37 Å².